The van der Waals surface area contributed by atoms with Crippen molar-refractivity contribution in [1.82, 2.24) is 0 Å². The lowest BCUT2D eigenvalue weighted by Crippen LogP contribution is -2.24. The summed E-state index contributed by atoms with van der Waals surface area (Å²) in [6.45, 7) is 0. The van der Waals surface area contributed by atoms with E-state index in [2.05, 4.69) is 0 Å². The quantitative estimate of drug-likeness (QED) is 0.673. The number of carbonyl (C=O) groups excluding carboxylic acids is 1. The van der Waals surface area contributed by atoms with Gasteiger partial charge in [-0.05, 0) is 6.07 Å². The van der Waals surface area contributed by atoms with E-state index in [1.54, 1.807) is 6.07 Å². The average molecular weight is 186 g/mol. The minimum Gasteiger partial charge on any atom is -0.469 e. The van der Waals surface area contributed by atoms with Crippen LogP contribution < -0.4 is 0 Å². The number of hydrogen-bond donors (Lipinski definition) is 0. The van der Waals surface area contributed by atoms with Gasteiger partial charge in [-0.15, -0.1) is 0 Å². The molecule has 0 N–H and O–H groups in total. The van der Waals surface area contributed by atoms with Gasteiger partial charge in [-0.3, -0.25) is 4.79 Å². The molecule has 0 amide bonds. The summed E-state index contributed by atoms with van der Waals surface area (Å²) in [5.41, 5.74) is 0.469. The summed E-state index contributed by atoms with van der Waals surface area (Å²) in [5.74, 6) is -0.701. The minimum absolute atomic E-state index is 0.0653. The number of furan rings is 1. The maximum Gasteiger partial charge on any atom is 0.242 e. The van der Waals surface area contributed by atoms with Crippen molar-refractivity contribution < 1.29 is 18.0 Å². The van der Waals surface area contributed by atoms with Gasteiger partial charge in [-0.2, -0.15) is 0 Å². The number of Topliss-reactive ketones (excluding diaryl/α,β-unsaturated/α-hetero) is 1. The maximum atomic E-state index is 12.3. The third kappa shape index (κ3) is 1.36. The Morgan fingerprint density at radius 2 is 2.23 bits per heavy atom. The Bertz CT molecular complexity index is 330. The first-order valence-corrected chi connectivity index (χ1v) is 4.06. The molecule has 1 aliphatic carbocycles. The molecular formula is C9H8F2O2. The van der Waals surface area contributed by atoms with Gasteiger partial charge in [0.1, 0.15) is 5.76 Å². The predicted octanol–water partition coefficient (Wildman–Crippen LogP) is 2.29. The monoisotopic (exact) mass is 186 g/mol. The van der Waals surface area contributed by atoms with Gasteiger partial charge in [0.15, 0.2) is 5.78 Å². The van der Waals surface area contributed by atoms with E-state index in [9.17, 15) is 13.6 Å². The fourth-order valence-corrected chi connectivity index (χ4v) is 1.58. The second-order valence-corrected chi connectivity index (χ2v) is 3.18. The first kappa shape index (κ1) is 8.41. The zero-order chi connectivity index (χ0) is 9.42. The summed E-state index contributed by atoms with van der Waals surface area (Å²) >= 11 is 0. The van der Waals surface area contributed by atoms with Crippen LogP contribution in [0.4, 0.5) is 8.78 Å². The van der Waals surface area contributed by atoms with E-state index in [1.807, 2.05) is 0 Å². The van der Waals surface area contributed by atoms with Crippen LogP contribution >= 0.6 is 0 Å². The van der Waals surface area contributed by atoms with Crippen LogP contribution in [-0.4, -0.2) is 12.2 Å². The normalized spacial score (nSPS) is 22.1. The topological polar surface area (TPSA) is 30.2 Å². The summed E-state index contributed by atoms with van der Waals surface area (Å²) in [5, 5.41) is 0. The van der Waals surface area contributed by atoms with Crippen molar-refractivity contribution in [2.24, 2.45) is 5.92 Å². The third-order valence-corrected chi connectivity index (χ3v) is 2.30. The van der Waals surface area contributed by atoms with Crippen LogP contribution in [-0.2, 0) is 6.42 Å². The molecule has 1 aliphatic rings. The van der Waals surface area contributed by atoms with Crippen molar-refractivity contribution in [3.8, 4) is 0 Å². The van der Waals surface area contributed by atoms with Crippen molar-refractivity contribution in [3.05, 3.63) is 23.7 Å². The third-order valence-electron chi connectivity index (χ3n) is 2.30. The number of carbonyl (C=O) groups is 1. The number of hydrogen-bond acceptors (Lipinski definition) is 2. The molecule has 0 saturated carbocycles. The number of rotatable bonds is 1. The van der Waals surface area contributed by atoms with Gasteiger partial charge in [-0.25, -0.2) is 8.78 Å². The standard InChI is InChI=1S/C9H8F2O2/c10-9(11)5-3-7(12)6-1-2-13-8(6)4-5/h1-2,5,9H,3-4H2/t5-/m1/s1. The van der Waals surface area contributed by atoms with Gasteiger partial charge in [0.2, 0.25) is 6.43 Å². The molecule has 0 fully saturated rings. The lowest BCUT2D eigenvalue weighted by atomic mass is 9.88. The number of halogens is 2. The minimum atomic E-state index is -2.44. The summed E-state index contributed by atoms with van der Waals surface area (Å²) in [6, 6.07) is 1.54. The van der Waals surface area contributed by atoms with Crippen LogP contribution in [0.3, 0.4) is 0 Å². The van der Waals surface area contributed by atoms with E-state index in [1.165, 1.54) is 6.26 Å². The fourth-order valence-electron chi connectivity index (χ4n) is 1.58. The Balaban J connectivity index is 2.29. The van der Waals surface area contributed by atoms with Crippen LogP contribution in [0.15, 0.2) is 16.7 Å². The maximum absolute atomic E-state index is 12.3. The largest absolute Gasteiger partial charge is 0.469 e. The summed E-state index contributed by atoms with van der Waals surface area (Å²) in [6.07, 6.45) is -0.964. The SMILES string of the molecule is O=C1C[C@@H](C(F)F)Cc2occc21. The van der Waals surface area contributed by atoms with Gasteiger partial charge in [0.05, 0.1) is 11.8 Å². The van der Waals surface area contributed by atoms with Gasteiger partial charge in [0, 0.05) is 18.8 Å². The van der Waals surface area contributed by atoms with Crippen LogP contribution in [0.25, 0.3) is 0 Å². The van der Waals surface area contributed by atoms with Crippen molar-refractivity contribution >= 4 is 5.78 Å². The summed E-state index contributed by atoms with van der Waals surface area (Å²) < 4.78 is 29.6. The van der Waals surface area contributed by atoms with Crippen LogP contribution in [0, 0.1) is 5.92 Å². The van der Waals surface area contributed by atoms with Crippen molar-refractivity contribution in [1.29, 1.82) is 0 Å². The van der Waals surface area contributed by atoms with Gasteiger partial charge < -0.3 is 4.42 Å². The Labute approximate surface area is 73.5 Å². The smallest absolute Gasteiger partial charge is 0.242 e. The van der Waals surface area contributed by atoms with E-state index in [4.69, 9.17) is 4.42 Å². The highest BCUT2D eigenvalue weighted by Crippen LogP contribution is 2.29. The van der Waals surface area contributed by atoms with Gasteiger partial charge in [-0.1, -0.05) is 0 Å². The highest BCUT2D eigenvalue weighted by Gasteiger charge is 2.32. The molecular weight excluding hydrogens is 178 g/mol. The molecule has 1 atom stereocenters. The first-order valence-electron chi connectivity index (χ1n) is 4.06. The van der Waals surface area contributed by atoms with Gasteiger partial charge >= 0.3 is 0 Å². The molecule has 1 aromatic heterocycles. The zero-order valence-electron chi connectivity index (χ0n) is 6.80. The van der Waals surface area contributed by atoms with Crippen LogP contribution in [0.1, 0.15) is 22.5 Å². The molecule has 0 aliphatic heterocycles. The number of alkyl halides is 2. The molecule has 2 nitrogen and oxygen atoms in total. The molecule has 0 spiro atoms. The predicted molar refractivity (Wildman–Crippen MR) is 40.9 cm³/mol. The number of ketones is 1. The zero-order valence-corrected chi connectivity index (χ0v) is 6.80. The van der Waals surface area contributed by atoms with E-state index in [0.29, 0.717) is 11.3 Å². The number of fused-ring (bicyclic) bond motifs is 1. The molecule has 0 saturated heterocycles. The Kier molecular flexibility index (Phi) is 1.90. The molecule has 4 heteroatoms. The Hall–Kier alpha value is -1.19. The molecule has 0 bridgehead atoms. The summed E-state index contributed by atoms with van der Waals surface area (Å²) in [4.78, 5) is 11.3. The molecule has 2 rings (SSSR count). The van der Waals surface area contributed by atoms with Crippen molar-refractivity contribution in [2.75, 3.05) is 0 Å². The first-order chi connectivity index (χ1) is 6.18. The molecule has 1 heterocycles. The highest BCUT2D eigenvalue weighted by molar-refractivity contribution is 5.98. The Morgan fingerprint density at radius 3 is 2.92 bits per heavy atom. The van der Waals surface area contributed by atoms with Crippen molar-refractivity contribution in [3.63, 3.8) is 0 Å². The average Bonchev–Trinajstić information content (AvgIpc) is 2.51. The molecule has 0 aromatic carbocycles. The van der Waals surface area contributed by atoms with E-state index < -0.39 is 12.3 Å². The van der Waals surface area contributed by atoms with Gasteiger partial charge in [0.25, 0.3) is 0 Å². The highest BCUT2D eigenvalue weighted by atomic mass is 19.3. The van der Waals surface area contributed by atoms with E-state index in [0.717, 1.165) is 0 Å². The van der Waals surface area contributed by atoms with E-state index >= 15 is 0 Å². The van der Waals surface area contributed by atoms with Crippen LogP contribution in [0.2, 0.25) is 0 Å². The van der Waals surface area contributed by atoms with Crippen LogP contribution in [0.5, 0.6) is 0 Å². The molecule has 70 valence electrons. The fraction of sp³-hybridized carbons (Fsp3) is 0.444. The molecule has 1 aromatic rings. The second-order valence-electron chi connectivity index (χ2n) is 3.18. The molecule has 13 heavy (non-hydrogen) atoms. The van der Waals surface area contributed by atoms with E-state index in [-0.39, 0.29) is 18.6 Å². The lowest BCUT2D eigenvalue weighted by molar-refractivity contribution is 0.0571. The molecule has 0 radical (unpaired) electrons. The summed E-state index contributed by atoms with van der Waals surface area (Å²) in [7, 11) is 0. The van der Waals surface area contributed by atoms with Crippen molar-refractivity contribution in [2.45, 2.75) is 19.3 Å². The Morgan fingerprint density at radius 1 is 1.46 bits per heavy atom. The second kappa shape index (κ2) is 2.94. The lowest BCUT2D eigenvalue weighted by Gasteiger charge is -2.18. The molecule has 0 unspecified atom stereocenters.